The molecular weight excluding hydrogens is 366 g/mol. The van der Waals surface area contributed by atoms with Gasteiger partial charge >= 0.3 is 6.03 Å². The summed E-state index contributed by atoms with van der Waals surface area (Å²) < 4.78 is 5.81. The van der Waals surface area contributed by atoms with Crippen LogP contribution in [0.2, 0.25) is 0 Å². The monoisotopic (exact) mass is 399 g/mol. The highest BCUT2D eigenvalue weighted by Gasteiger charge is 2.47. The number of rotatable bonds is 5. The minimum atomic E-state index is -0.344. The molecule has 2 amide bonds. The van der Waals surface area contributed by atoms with E-state index in [1.807, 2.05) is 35.2 Å². The minimum Gasteiger partial charge on any atom is -0.377 e. The number of nitrogens with zero attached hydrogens (tertiary/aromatic N) is 1. The molecule has 3 heterocycles. The zero-order valence-electron chi connectivity index (χ0n) is 17.4. The first kappa shape index (κ1) is 20.2. The van der Waals surface area contributed by atoms with Crippen LogP contribution in [-0.4, -0.2) is 54.6 Å². The number of urea groups is 1. The van der Waals surface area contributed by atoms with E-state index in [4.69, 9.17) is 4.74 Å². The number of nitrogens with one attached hydrogen (secondary N) is 4. The average molecular weight is 400 g/mol. The van der Waals surface area contributed by atoms with Gasteiger partial charge in [-0.2, -0.15) is 0 Å². The van der Waals surface area contributed by atoms with Gasteiger partial charge in [0.15, 0.2) is 0 Å². The van der Waals surface area contributed by atoms with Crippen molar-refractivity contribution in [2.24, 2.45) is 0 Å². The third-order valence-electron chi connectivity index (χ3n) is 6.25. The van der Waals surface area contributed by atoms with E-state index >= 15 is 0 Å². The topological polar surface area (TPSA) is 77.7 Å². The molecule has 3 aliphatic heterocycles. The predicted molar refractivity (Wildman–Crippen MR) is 113 cm³/mol. The fraction of sp³-hybridized carbons (Fsp3) is 0.591. The summed E-state index contributed by atoms with van der Waals surface area (Å²) in [5, 5.41) is 13.6. The first-order valence-electron chi connectivity index (χ1n) is 10.7. The molecule has 0 aliphatic carbocycles. The van der Waals surface area contributed by atoms with Gasteiger partial charge in [-0.1, -0.05) is 30.3 Å². The second-order valence-corrected chi connectivity index (χ2v) is 8.63. The van der Waals surface area contributed by atoms with Crippen LogP contribution in [0.15, 0.2) is 42.1 Å². The fourth-order valence-electron chi connectivity index (χ4n) is 4.47. The molecule has 7 heteroatoms. The Morgan fingerprint density at radius 1 is 1.28 bits per heavy atom. The van der Waals surface area contributed by atoms with Crippen molar-refractivity contribution in [3.63, 3.8) is 0 Å². The Hall–Kier alpha value is -2.09. The lowest BCUT2D eigenvalue weighted by atomic mass is 9.92. The van der Waals surface area contributed by atoms with E-state index in [9.17, 15) is 4.79 Å². The number of likely N-dealkylation sites (tertiary alicyclic amines) is 1. The SMILES string of the molecule is CC1(C)C2=CNC(NCC3CCCCO3)NC2CN1C(=O)NCc1ccccc1. The quantitative estimate of drug-likeness (QED) is 0.608. The summed E-state index contributed by atoms with van der Waals surface area (Å²) in [5.74, 6) is 0. The number of hydrogen-bond acceptors (Lipinski definition) is 5. The number of ether oxygens (including phenoxy) is 1. The number of fused-ring (bicyclic) bond motifs is 1. The van der Waals surface area contributed by atoms with Crippen LogP contribution in [0.25, 0.3) is 0 Å². The Labute approximate surface area is 173 Å². The first-order chi connectivity index (χ1) is 14.0. The highest BCUT2D eigenvalue weighted by atomic mass is 16.5. The molecule has 3 unspecified atom stereocenters. The van der Waals surface area contributed by atoms with Gasteiger partial charge in [0, 0.05) is 32.4 Å². The first-order valence-corrected chi connectivity index (χ1v) is 10.7. The zero-order valence-corrected chi connectivity index (χ0v) is 17.4. The Balaban J connectivity index is 1.32. The van der Waals surface area contributed by atoms with Crippen molar-refractivity contribution >= 4 is 6.03 Å². The number of amides is 2. The largest absolute Gasteiger partial charge is 0.377 e. The number of benzene rings is 1. The summed E-state index contributed by atoms with van der Waals surface area (Å²) >= 11 is 0. The lowest BCUT2D eigenvalue weighted by molar-refractivity contribution is 0.0139. The average Bonchev–Trinajstić information content (AvgIpc) is 3.02. The summed E-state index contributed by atoms with van der Waals surface area (Å²) in [5.41, 5.74) is 1.96. The maximum Gasteiger partial charge on any atom is 0.318 e. The molecule has 2 fully saturated rings. The summed E-state index contributed by atoms with van der Waals surface area (Å²) in [6, 6.07) is 10.1. The lowest BCUT2D eigenvalue weighted by Gasteiger charge is -2.35. The van der Waals surface area contributed by atoms with Crippen molar-refractivity contribution in [2.45, 2.75) is 63.6 Å². The van der Waals surface area contributed by atoms with E-state index in [2.05, 4.69) is 41.3 Å². The maximum atomic E-state index is 12.9. The van der Waals surface area contributed by atoms with Crippen LogP contribution in [-0.2, 0) is 11.3 Å². The van der Waals surface area contributed by atoms with Crippen LogP contribution in [0.3, 0.4) is 0 Å². The number of carbonyl (C=O) groups excluding carboxylic acids is 1. The van der Waals surface area contributed by atoms with Gasteiger partial charge in [0.05, 0.1) is 17.7 Å². The van der Waals surface area contributed by atoms with E-state index in [0.29, 0.717) is 13.1 Å². The molecule has 29 heavy (non-hydrogen) atoms. The van der Waals surface area contributed by atoms with Gasteiger partial charge < -0.3 is 20.3 Å². The summed E-state index contributed by atoms with van der Waals surface area (Å²) in [6.45, 7) is 7.09. The molecule has 0 saturated carbocycles. The van der Waals surface area contributed by atoms with Crippen molar-refractivity contribution in [1.29, 1.82) is 0 Å². The van der Waals surface area contributed by atoms with Gasteiger partial charge in [0.1, 0.15) is 6.29 Å². The maximum absolute atomic E-state index is 12.9. The Bertz CT molecular complexity index is 730. The van der Waals surface area contributed by atoms with Crippen LogP contribution >= 0.6 is 0 Å². The molecule has 4 rings (SSSR count). The van der Waals surface area contributed by atoms with Crippen LogP contribution in [0.1, 0.15) is 38.7 Å². The standard InChI is InChI=1S/C22H33N5O2/c1-22(2)18-14-24-20(23-13-17-10-6-7-11-29-17)26-19(18)15-27(22)21(28)25-12-16-8-4-3-5-9-16/h3-5,8-9,14,17,19-20,23-24,26H,6-7,10-13,15H2,1-2H3,(H,25,28). The molecule has 1 aromatic rings. The molecule has 1 aromatic carbocycles. The van der Waals surface area contributed by atoms with Gasteiger partial charge in [-0.15, -0.1) is 0 Å². The number of hydrogen-bond donors (Lipinski definition) is 4. The minimum absolute atomic E-state index is 0.0163. The van der Waals surface area contributed by atoms with Gasteiger partial charge in [0.2, 0.25) is 0 Å². The summed E-state index contributed by atoms with van der Waals surface area (Å²) in [4.78, 5) is 14.8. The molecular formula is C22H33N5O2. The molecule has 0 aromatic heterocycles. The zero-order chi connectivity index (χ0) is 20.3. The van der Waals surface area contributed by atoms with Crippen molar-refractivity contribution < 1.29 is 9.53 Å². The molecule has 3 atom stereocenters. The molecule has 2 saturated heterocycles. The molecule has 4 N–H and O–H groups in total. The van der Waals surface area contributed by atoms with Gasteiger partial charge in [-0.3, -0.25) is 10.6 Å². The van der Waals surface area contributed by atoms with E-state index in [1.165, 1.54) is 18.4 Å². The molecule has 7 nitrogen and oxygen atoms in total. The third-order valence-corrected chi connectivity index (χ3v) is 6.25. The molecule has 0 radical (unpaired) electrons. The highest BCUT2D eigenvalue weighted by Crippen LogP contribution is 2.35. The van der Waals surface area contributed by atoms with E-state index in [0.717, 1.165) is 25.1 Å². The van der Waals surface area contributed by atoms with Crippen LogP contribution in [0.5, 0.6) is 0 Å². The van der Waals surface area contributed by atoms with Crippen LogP contribution < -0.4 is 21.3 Å². The molecule has 3 aliphatic rings. The summed E-state index contributed by atoms with van der Waals surface area (Å²) in [7, 11) is 0. The van der Waals surface area contributed by atoms with Crippen LogP contribution in [0, 0.1) is 0 Å². The van der Waals surface area contributed by atoms with Crippen molar-refractivity contribution in [3.05, 3.63) is 47.7 Å². The normalized spacial score (nSPS) is 28.3. The molecule has 0 spiro atoms. The smallest absolute Gasteiger partial charge is 0.318 e. The van der Waals surface area contributed by atoms with Crippen LogP contribution in [0.4, 0.5) is 4.79 Å². The van der Waals surface area contributed by atoms with Gasteiger partial charge in [-0.05, 0) is 44.2 Å². The molecule has 158 valence electrons. The van der Waals surface area contributed by atoms with E-state index < -0.39 is 0 Å². The van der Waals surface area contributed by atoms with Crippen molar-refractivity contribution in [1.82, 2.24) is 26.2 Å². The Morgan fingerprint density at radius 2 is 2.10 bits per heavy atom. The highest BCUT2D eigenvalue weighted by molar-refractivity contribution is 5.77. The van der Waals surface area contributed by atoms with E-state index in [1.54, 1.807) is 0 Å². The Morgan fingerprint density at radius 3 is 2.86 bits per heavy atom. The van der Waals surface area contributed by atoms with Crippen molar-refractivity contribution in [2.75, 3.05) is 19.7 Å². The predicted octanol–water partition coefficient (Wildman–Crippen LogP) is 1.88. The second kappa shape index (κ2) is 8.73. The van der Waals surface area contributed by atoms with Gasteiger partial charge in [0.25, 0.3) is 0 Å². The lowest BCUT2D eigenvalue weighted by Crippen LogP contribution is -2.59. The van der Waals surface area contributed by atoms with Crippen molar-refractivity contribution in [3.8, 4) is 0 Å². The Kier molecular flexibility index (Phi) is 6.08. The third kappa shape index (κ3) is 4.57. The molecule has 0 bridgehead atoms. The van der Waals surface area contributed by atoms with E-state index in [-0.39, 0.29) is 30.0 Å². The fourth-order valence-corrected chi connectivity index (χ4v) is 4.47. The summed E-state index contributed by atoms with van der Waals surface area (Å²) in [6.07, 6.45) is 5.88. The second-order valence-electron chi connectivity index (χ2n) is 8.63. The van der Waals surface area contributed by atoms with Gasteiger partial charge in [-0.25, -0.2) is 4.79 Å². The number of carbonyl (C=O) groups is 1.